The molecule has 0 aliphatic carbocycles. The zero-order valence-corrected chi connectivity index (χ0v) is 10.5. The smallest absolute Gasteiger partial charge is 0.239 e. The van der Waals surface area contributed by atoms with E-state index >= 15 is 0 Å². The molecule has 2 rings (SSSR count). The lowest BCUT2D eigenvalue weighted by atomic mass is 10.3. The topological polar surface area (TPSA) is 49.4 Å². The Morgan fingerprint density at radius 1 is 1.44 bits per heavy atom. The largest absolute Gasteiger partial charge is 0.353 e. The van der Waals surface area contributed by atoms with Gasteiger partial charge in [0.15, 0.2) is 0 Å². The van der Waals surface area contributed by atoms with Gasteiger partial charge in [-0.05, 0) is 12.1 Å². The standard InChI is InChI=1S/C12H13FN2O2S/c13-9-3-1-2-4-10(9)18-8-12(17)15-6-5-14-11(16)7-15/h1-4H,5-8H2,(H,14,16). The summed E-state index contributed by atoms with van der Waals surface area (Å²) in [5.41, 5.74) is 0. The van der Waals surface area contributed by atoms with Crippen LogP contribution in [0.5, 0.6) is 0 Å². The molecule has 1 fully saturated rings. The predicted octanol–water partition coefficient (Wildman–Crippen LogP) is 0.876. The van der Waals surface area contributed by atoms with E-state index in [1.54, 1.807) is 18.2 Å². The Morgan fingerprint density at radius 2 is 2.22 bits per heavy atom. The number of rotatable bonds is 3. The highest BCUT2D eigenvalue weighted by molar-refractivity contribution is 8.00. The second kappa shape index (κ2) is 5.86. The maximum absolute atomic E-state index is 13.3. The van der Waals surface area contributed by atoms with Crippen molar-refractivity contribution >= 4 is 23.6 Å². The number of amides is 2. The summed E-state index contributed by atoms with van der Waals surface area (Å²) < 4.78 is 13.3. The van der Waals surface area contributed by atoms with Crippen LogP contribution in [0.25, 0.3) is 0 Å². The molecule has 1 aliphatic rings. The fourth-order valence-corrected chi connectivity index (χ4v) is 2.49. The van der Waals surface area contributed by atoms with Crippen LogP contribution in [0.4, 0.5) is 4.39 Å². The second-order valence-corrected chi connectivity index (χ2v) is 4.90. The third-order valence-corrected chi connectivity index (χ3v) is 3.61. The molecule has 1 aliphatic heterocycles. The van der Waals surface area contributed by atoms with Crippen LogP contribution < -0.4 is 5.32 Å². The monoisotopic (exact) mass is 268 g/mol. The molecule has 6 heteroatoms. The molecule has 0 radical (unpaired) electrons. The molecule has 0 unspecified atom stereocenters. The number of hydrogen-bond donors (Lipinski definition) is 1. The Morgan fingerprint density at radius 3 is 2.94 bits per heavy atom. The Balaban J connectivity index is 1.88. The van der Waals surface area contributed by atoms with Gasteiger partial charge in [0.25, 0.3) is 0 Å². The Labute approximate surface area is 109 Å². The van der Waals surface area contributed by atoms with Crippen LogP contribution in [-0.2, 0) is 9.59 Å². The number of nitrogens with zero attached hydrogens (tertiary/aromatic N) is 1. The quantitative estimate of drug-likeness (QED) is 0.828. The van der Waals surface area contributed by atoms with Gasteiger partial charge in [0.2, 0.25) is 11.8 Å². The SMILES string of the molecule is O=C1CN(C(=O)CSc2ccccc2F)CCN1. The molecular formula is C12H13FN2O2S. The number of piperazine rings is 1. The molecule has 0 bridgehead atoms. The van der Waals surface area contributed by atoms with Crippen molar-refractivity contribution in [2.45, 2.75) is 4.90 Å². The lowest BCUT2D eigenvalue weighted by Crippen LogP contribution is -2.50. The highest BCUT2D eigenvalue weighted by atomic mass is 32.2. The molecule has 1 aromatic rings. The molecule has 96 valence electrons. The highest BCUT2D eigenvalue weighted by Gasteiger charge is 2.21. The molecule has 1 N–H and O–H groups in total. The van der Waals surface area contributed by atoms with Gasteiger partial charge in [0.1, 0.15) is 5.82 Å². The first-order valence-electron chi connectivity index (χ1n) is 5.58. The van der Waals surface area contributed by atoms with Crippen LogP contribution in [0.2, 0.25) is 0 Å². The van der Waals surface area contributed by atoms with Gasteiger partial charge in [-0.2, -0.15) is 0 Å². The predicted molar refractivity (Wildman–Crippen MR) is 66.7 cm³/mol. The molecule has 0 aromatic heterocycles. The average molecular weight is 268 g/mol. The lowest BCUT2D eigenvalue weighted by molar-refractivity contribution is -0.136. The number of hydrogen-bond acceptors (Lipinski definition) is 3. The second-order valence-electron chi connectivity index (χ2n) is 3.88. The molecule has 18 heavy (non-hydrogen) atoms. The molecule has 2 amide bonds. The number of carbonyl (C=O) groups excluding carboxylic acids is 2. The van der Waals surface area contributed by atoms with Gasteiger partial charge in [-0.15, -0.1) is 11.8 Å². The molecule has 0 saturated carbocycles. The van der Waals surface area contributed by atoms with E-state index in [1.807, 2.05) is 0 Å². The van der Waals surface area contributed by atoms with Crippen molar-refractivity contribution in [3.05, 3.63) is 30.1 Å². The lowest BCUT2D eigenvalue weighted by Gasteiger charge is -2.26. The van der Waals surface area contributed by atoms with Crippen molar-refractivity contribution in [3.63, 3.8) is 0 Å². The first-order chi connectivity index (χ1) is 8.66. The van der Waals surface area contributed by atoms with Crippen LogP contribution in [0.3, 0.4) is 0 Å². The van der Waals surface area contributed by atoms with Gasteiger partial charge in [0, 0.05) is 18.0 Å². The van der Waals surface area contributed by atoms with Crippen molar-refractivity contribution in [1.29, 1.82) is 0 Å². The van der Waals surface area contributed by atoms with Crippen molar-refractivity contribution in [1.82, 2.24) is 10.2 Å². The fourth-order valence-electron chi connectivity index (χ4n) is 1.64. The minimum atomic E-state index is -0.327. The van der Waals surface area contributed by atoms with Gasteiger partial charge < -0.3 is 10.2 Å². The maximum Gasteiger partial charge on any atom is 0.239 e. The third kappa shape index (κ3) is 3.22. The number of carbonyl (C=O) groups is 2. The molecule has 4 nitrogen and oxygen atoms in total. The number of halogens is 1. The van der Waals surface area contributed by atoms with Crippen LogP contribution in [0, 0.1) is 5.82 Å². The van der Waals surface area contributed by atoms with E-state index in [4.69, 9.17) is 0 Å². The molecule has 1 aromatic carbocycles. The summed E-state index contributed by atoms with van der Waals surface area (Å²) in [7, 11) is 0. The van der Waals surface area contributed by atoms with Crippen LogP contribution in [0.1, 0.15) is 0 Å². The molecule has 1 heterocycles. The van der Waals surface area contributed by atoms with E-state index in [0.717, 1.165) is 11.8 Å². The highest BCUT2D eigenvalue weighted by Crippen LogP contribution is 2.21. The van der Waals surface area contributed by atoms with Gasteiger partial charge >= 0.3 is 0 Å². The maximum atomic E-state index is 13.3. The average Bonchev–Trinajstić information content (AvgIpc) is 2.37. The molecule has 1 saturated heterocycles. The van der Waals surface area contributed by atoms with Crippen LogP contribution >= 0.6 is 11.8 Å². The molecule has 0 atom stereocenters. The van der Waals surface area contributed by atoms with E-state index in [1.165, 1.54) is 11.0 Å². The summed E-state index contributed by atoms with van der Waals surface area (Å²) in [4.78, 5) is 24.9. The van der Waals surface area contributed by atoms with Crippen LogP contribution in [0.15, 0.2) is 29.2 Å². The number of thioether (sulfide) groups is 1. The Hall–Kier alpha value is -1.56. The number of benzene rings is 1. The van der Waals surface area contributed by atoms with E-state index in [2.05, 4.69) is 5.32 Å². The van der Waals surface area contributed by atoms with Gasteiger partial charge in [-0.3, -0.25) is 9.59 Å². The first-order valence-corrected chi connectivity index (χ1v) is 6.57. The zero-order chi connectivity index (χ0) is 13.0. The normalized spacial score (nSPS) is 15.4. The van der Waals surface area contributed by atoms with E-state index in [9.17, 15) is 14.0 Å². The number of nitrogens with one attached hydrogen (secondary N) is 1. The van der Waals surface area contributed by atoms with E-state index < -0.39 is 0 Å². The van der Waals surface area contributed by atoms with Crippen molar-refractivity contribution in [3.8, 4) is 0 Å². The van der Waals surface area contributed by atoms with E-state index in [-0.39, 0.29) is 29.9 Å². The molecule has 0 spiro atoms. The summed E-state index contributed by atoms with van der Waals surface area (Å²) in [6, 6.07) is 6.33. The van der Waals surface area contributed by atoms with E-state index in [0.29, 0.717) is 18.0 Å². The molecular weight excluding hydrogens is 255 g/mol. The van der Waals surface area contributed by atoms with Crippen LogP contribution in [-0.4, -0.2) is 42.1 Å². The van der Waals surface area contributed by atoms with Gasteiger partial charge in [-0.1, -0.05) is 12.1 Å². The van der Waals surface area contributed by atoms with Gasteiger partial charge in [-0.25, -0.2) is 4.39 Å². The third-order valence-electron chi connectivity index (χ3n) is 2.58. The minimum Gasteiger partial charge on any atom is -0.353 e. The Bertz CT molecular complexity index is 467. The first kappa shape index (κ1) is 12.9. The van der Waals surface area contributed by atoms with Crippen molar-refractivity contribution in [2.75, 3.05) is 25.4 Å². The summed E-state index contributed by atoms with van der Waals surface area (Å²) in [5.74, 6) is -0.468. The summed E-state index contributed by atoms with van der Waals surface area (Å²) >= 11 is 1.15. The zero-order valence-electron chi connectivity index (χ0n) is 9.69. The Kier molecular flexibility index (Phi) is 4.19. The summed E-state index contributed by atoms with van der Waals surface area (Å²) in [6.07, 6.45) is 0. The summed E-state index contributed by atoms with van der Waals surface area (Å²) in [6.45, 7) is 1.09. The summed E-state index contributed by atoms with van der Waals surface area (Å²) in [5, 5.41) is 2.65. The minimum absolute atomic E-state index is 0.0939. The van der Waals surface area contributed by atoms with Crippen molar-refractivity contribution < 1.29 is 14.0 Å². The van der Waals surface area contributed by atoms with Gasteiger partial charge in [0.05, 0.1) is 12.3 Å². The van der Waals surface area contributed by atoms with Crippen molar-refractivity contribution in [2.24, 2.45) is 0 Å². The fraction of sp³-hybridized carbons (Fsp3) is 0.333.